The summed E-state index contributed by atoms with van der Waals surface area (Å²) in [5.74, 6) is 0.841. The van der Waals surface area contributed by atoms with E-state index in [4.69, 9.17) is 5.73 Å². The van der Waals surface area contributed by atoms with Crippen molar-refractivity contribution in [1.82, 2.24) is 0 Å². The summed E-state index contributed by atoms with van der Waals surface area (Å²) < 4.78 is 0. The minimum absolute atomic E-state index is 0.340. The van der Waals surface area contributed by atoms with Gasteiger partial charge in [0.05, 0.1) is 0 Å². The zero-order valence-corrected chi connectivity index (χ0v) is 10.8. The van der Waals surface area contributed by atoms with Crippen LogP contribution < -0.4 is 5.73 Å². The Balaban J connectivity index is 1.92. The molecule has 2 N–H and O–H groups in total. The molecule has 1 heteroatoms. The summed E-state index contributed by atoms with van der Waals surface area (Å²) in [4.78, 5) is 0. The summed E-state index contributed by atoms with van der Waals surface area (Å²) >= 11 is 0. The van der Waals surface area contributed by atoms with E-state index in [1.165, 1.54) is 49.7 Å². The van der Waals surface area contributed by atoms with Crippen LogP contribution in [0.1, 0.15) is 49.7 Å². The van der Waals surface area contributed by atoms with Gasteiger partial charge in [0.15, 0.2) is 0 Å². The molecular formula is C16H23N. The maximum atomic E-state index is 6.31. The predicted molar refractivity (Wildman–Crippen MR) is 72.0 cm³/mol. The van der Waals surface area contributed by atoms with Crippen LogP contribution in [0.25, 0.3) is 0 Å². The zero-order valence-electron chi connectivity index (χ0n) is 10.8. The van der Waals surface area contributed by atoms with Crippen molar-refractivity contribution in [2.24, 2.45) is 11.7 Å². The molecule has 2 atom stereocenters. The summed E-state index contributed by atoms with van der Waals surface area (Å²) in [6, 6.07) is 9.45. The largest absolute Gasteiger partial charge is 0.327 e. The summed E-state index contributed by atoms with van der Waals surface area (Å²) in [6.07, 6.45) is 8.23. The van der Waals surface area contributed by atoms with Gasteiger partial charge in [-0.2, -0.15) is 0 Å². The minimum Gasteiger partial charge on any atom is -0.327 e. The third kappa shape index (κ3) is 1.81. The number of hydrogen-bond donors (Lipinski definition) is 1. The SMILES string of the molecule is Cc1cccc(C2(C3CCCCC3)C[C@H]2N)c1. The Morgan fingerprint density at radius 1 is 1.18 bits per heavy atom. The van der Waals surface area contributed by atoms with Gasteiger partial charge in [-0.1, -0.05) is 49.1 Å². The molecule has 0 bridgehead atoms. The van der Waals surface area contributed by atoms with Gasteiger partial charge in [-0.15, -0.1) is 0 Å². The van der Waals surface area contributed by atoms with Crippen molar-refractivity contribution >= 4 is 0 Å². The van der Waals surface area contributed by atoms with E-state index >= 15 is 0 Å². The number of rotatable bonds is 2. The van der Waals surface area contributed by atoms with E-state index in [1.54, 1.807) is 0 Å². The standard InChI is InChI=1S/C16H23N/c1-12-6-5-9-14(10-12)16(11-15(16)17)13-7-3-2-4-8-13/h5-6,9-10,13,15H,2-4,7-8,11,17H2,1H3/t15-,16?/m1/s1. The van der Waals surface area contributed by atoms with Gasteiger partial charge in [-0.05, 0) is 37.7 Å². The van der Waals surface area contributed by atoms with E-state index in [-0.39, 0.29) is 0 Å². The van der Waals surface area contributed by atoms with Crippen LogP contribution in [0, 0.1) is 12.8 Å². The van der Waals surface area contributed by atoms with Gasteiger partial charge >= 0.3 is 0 Å². The number of nitrogens with two attached hydrogens (primary N) is 1. The molecule has 0 heterocycles. The highest BCUT2D eigenvalue weighted by molar-refractivity contribution is 5.39. The molecule has 1 nitrogen and oxygen atoms in total. The minimum atomic E-state index is 0.340. The molecule has 0 radical (unpaired) electrons. The first-order chi connectivity index (χ1) is 8.23. The molecular weight excluding hydrogens is 206 g/mol. The monoisotopic (exact) mass is 229 g/mol. The van der Waals surface area contributed by atoms with Crippen LogP contribution in [0.4, 0.5) is 0 Å². The molecule has 2 aliphatic carbocycles. The van der Waals surface area contributed by atoms with E-state index in [0.717, 1.165) is 5.92 Å². The van der Waals surface area contributed by atoms with Crippen LogP contribution in [0.2, 0.25) is 0 Å². The van der Waals surface area contributed by atoms with Crippen molar-refractivity contribution < 1.29 is 0 Å². The Kier molecular flexibility index (Phi) is 2.74. The lowest BCUT2D eigenvalue weighted by Gasteiger charge is -2.31. The molecule has 0 aliphatic heterocycles. The molecule has 0 aromatic heterocycles. The first-order valence-electron chi connectivity index (χ1n) is 7.06. The molecule has 1 unspecified atom stereocenters. The predicted octanol–water partition coefficient (Wildman–Crippen LogP) is 3.54. The quantitative estimate of drug-likeness (QED) is 0.824. The Morgan fingerprint density at radius 3 is 2.47 bits per heavy atom. The van der Waals surface area contributed by atoms with Crippen molar-refractivity contribution in [3.63, 3.8) is 0 Å². The zero-order chi connectivity index (χ0) is 11.9. The van der Waals surface area contributed by atoms with Crippen LogP contribution >= 0.6 is 0 Å². The maximum Gasteiger partial charge on any atom is 0.0149 e. The van der Waals surface area contributed by atoms with E-state index in [9.17, 15) is 0 Å². The topological polar surface area (TPSA) is 26.0 Å². The van der Waals surface area contributed by atoms with Crippen molar-refractivity contribution in [3.8, 4) is 0 Å². The fourth-order valence-electron chi connectivity index (χ4n) is 3.89. The second-order valence-electron chi connectivity index (χ2n) is 6.06. The van der Waals surface area contributed by atoms with Crippen molar-refractivity contribution in [3.05, 3.63) is 35.4 Å². The van der Waals surface area contributed by atoms with Crippen LogP contribution in [0.3, 0.4) is 0 Å². The summed E-state index contributed by atoms with van der Waals surface area (Å²) in [7, 11) is 0. The highest BCUT2D eigenvalue weighted by atomic mass is 14.8. The molecule has 2 fully saturated rings. The maximum absolute atomic E-state index is 6.31. The smallest absolute Gasteiger partial charge is 0.0149 e. The fourth-order valence-corrected chi connectivity index (χ4v) is 3.89. The number of aryl methyl sites for hydroxylation is 1. The highest BCUT2D eigenvalue weighted by Crippen LogP contribution is 2.56. The third-order valence-electron chi connectivity index (χ3n) is 4.95. The molecule has 17 heavy (non-hydrogen) atoms. The average molecular weight is 229 g/mol. The van der Waals surface area contributed by atoms with E-state index < -0.39 is 0 Å². The Hall–Kier alpha value is -0.820. The molecule has 1 aromatic rings. The Labute approximate surface area is 104 Å². The molecule has 2 saturated carbocycles. The van der Waals surface area contributed by atoms with Crippen molar-refractivity contribution in [2.45, 2.75) is 56.9 Å². The lowest BCUT2D eigenvalue weighted by atomic mass is 9.73. The molecule has 0 saturated heterocycles. The van der Waals surface area contributed by atoms with Crippen molar-refractivity contribution in [1.29, 1.82) is 0 Å². The van der Waals surface area contributed by atoms with Crippen LogP contribution in [-0.2, 0) is 5.41 Å². The summed E-state index contributed by atoms with van der Waals surface area (Å²) in [5, 5.41) is 0. The van der Waals surface area contributed by atoms with E-state index in [2.05, 4.69) is 31.2 Å². The normalized spacial score (nSPS) is 33.6. The Morgan fingerprint density at radius 2 is 1.88 bits per heavy atom. The van der Waals surface area contributed by atoms with Gasteiger partial charge in [-0.25, -0.2) is 0 Å². The van der Waals surface area contributed by atoms with Gasteiger partial charge in [0.25, 0.3) is 0 Å². The van der Waals surface area contributed by atoms with E-state index in [1.807, 2.05) is 0 Å². The summed E-state index contributed by atoms with van der Waals surface area (Å²) in [6.45, 7) is 2.19. The molecule has 0 spiro atoms. The molecule has 2 aliphatic rings. The van der Waals surface area contributed by atoms with Gasteiger partial charge in [-0.3, -0.25) is 0 Å². The second kappa shape index (κ2) is 4.13. The molecule has 3 rings (SSSR count). The van der Waals surface area contributed by atoms with Gasteiger partial charge < -0.3 is 5.73 Å². The lowest BCUT2D eigenvalue weighted by Crippen LogP contribution is -2.29. The Bertz CT molecular complexity index is 406. The van der Waals surface area contributed by atoms with Crippen LogP contribution in [0.5, 0.6) is 0 Å². The van der Waals surface area contributed by atoms with Crippen LogP contribution in [-0.4, -0.2) is 6.04 Å². The van der Waals surface area contributed by atoms with Crippen molar-refractivity contribution in [2.75, 3.05) is 0 Å². The number of hydrogen-bond acceptors (Lipinski definition) is 1. The highest BCUT2D eigenvalue weighted by Gasteiger charge is 2.57. The molecule has 0 amide bonds. The van der Waals surface area contributed by atoms with Gasteiger partial charge in [0, 0.05) is 11.5 Å². The van der Waals surface area contributed by atoms with E-state index in [0.29, 0.717) is 11.5 Å². The van der Waals surface area contributed by atoms with Gasteiger partial charge in [0.1, 0.15) is 0 Å². The number of benzene rings is 1. The molecule has 1 aromatic carbocycles. The first kappa shape index (κ1) is 11.3. The van der Waals surface area contributed by atoms with Crippen LogP contribution in [0.15, 0.2) is 24.3 Å². The lowest BCUT2D eigenvalue weighted by molar-refractivity contribution is 0.284. The average Bonchev–Trinajstić information content (AvgIpc) is 3.04. The fraction of sp³-hybridized carbons (Fsp3) is 0.625. The molecule has 92 valence electrons. The second-order valence-corrected chi connectivity index (χ2v) is 6.06. The summed E-state index contributed by atoms with van der Waals surface area (Å²) in [5.41, 5.74) is 9.54. The third-order valence-corrected chi connectivity index (χ3v) is 4.95. The first-order valence-corrected chi connectivity index (χ1v) is 7.06. The van der Waals surface area contributed by atoms with Gasteiger partial charge in [0.2, 0.25) is 0 Å².